The molecule has 1 aliphatic carbocycles. The quantitative estimate of drug-likeness (QED) is 0.759. The summed E-state index contributed by atoms with van der Waals surface area (Å²) in [6.45, 7) is 6.59. The van der Waals surface area contributed by atoms with Crippen LogP contribution in [0, 0.1) is 5.41 Å². The molecule has 0 bridgehead atoms. The molecular formula is C24H28ClN3O3. The molecule has 1 fully saturated rings. The van der Waals surface area contributed by atoms with Gasteiger partial charge < -0.3 is 10.3 Å². The van der Waals surface area contributed by atoms with Crippen molar-refractivity contribution in [3.63, 3.8) is 0 Å². The van der Waals surface area contributed by atoms with Gasteiger partial charge in [-0.1, -0.05) is 37.6 Å². The topological polar surface area (TPSA) is 82.3 Å². The molecule has 6 nitrogen and oxygen atoms in total. The fourth-order valence-electron chi connectivity index (χ4n) is 4.54. The van der Waals surface area contributed by atoms with Crippen molar-refractivity contribution in [3.05, 3.63) is 68.1 Å². The van der Waals surface area contributed by atoms with Gasteiger partial charge in [0, 0.05) is 48.4 Å². The number of rotatable bonds is 4. The number of ketones is 1. The van der Waals surface area contributed by atoms with E-state index in [4.69, 9.17) is 11.6 Å². The Labute approximate surface area is 187 Å². The summed E-state index contributed by atoms with van der Waals surface area (Å²) in [5, 5.41) is 3.72. The number of amides is 1. The number of hydrogen-bond donors (Lipinski definition) is 2. The number of carbonyl (C=O) groups is 2. The second-order valence-electron chi connectivity index (χ2n) is 9.50. The highest BCUT2D eigenvalue weighted by molar-refractivity contribution is 6.30. The van der Waals surface area contributed by atoms with Crippen molar-refractivity contribution in [1.82, 2.24) is 15.2 Å². The summed E-state index contributed by atoms with van der Waals surface area (Å²) in [5.41, 5.74) is 1.73. The van der Waals surface area contributed by atoms with Gasteiger partial charge in [0.25, 0.3) is 11.5 Å². The van der Waals surface area contributed by atoms with Crippen LogP contribution in [0.3, 0.4) is 0 Å². The summed E-state index contributed by atoms with van der Waals surface area (Å²) < 4.78 is 0. The van der Waals surface area contributed by atoms with Crippen molar-refractivity contribution in [2.45, 2.75) is 52.1 Å². The van der Waals surface area contributed by atoms with E-state index in [1.165, 1.54) is 11.6 Å². The Morgan fingerprint density at radius 1 is 1.16 bits per heavy atom. The number of Topliss-reactive ketones (excluding diaryl/α,β-unsaturated/α-hetero) is 1. The zero-order chi connectivity index (χ0) is 22.2. The van der Waals surface area contributed by atoms with Gasteiger partial charge in [-0.3, -0.25) is 19.3 Å². The van der Waals surface area contributed by atoms with E-state index in [1.807, 2.05) is 38.1 Å². The molecule has 7 heteroatoms. The Morgan fingerprint density at radius 3 is 2.52 bits per heavy atom. The summed E-state index contributed by atoms with van der Waals surface area (Å²) in [6, 6.07) is 9.34. The third-order valence-electron chi connectivity index (χ3n) is 6.20. The Kier molecular flexibility index (Phi) is 6.04. The number of benzene rings is 1. The summed E-state index contributed by atoms with van der Waals surface area (Å²) in [6.07, 6.45) is 2.67. The van der Waals surface area contributed by atoms with Crippen molar-refractivity contribution in [1.29, 1.82) is 0 Å². The Bertz CT molecular complexity index is 1050. The predicted molar refractivity (Wildman–Crippen MR) is 121 cm³/mol. The number of piperidine rings is 1. The average molecular weight is 442 g/mol. The van der Waals surface area contributed by atoms with Crippen LogP contribution in [0.4, 0.5) is 0 Å². The van der Waals surface area contributed by atoms with Gasteiger partial charge in [-0.2, -0.15) is 0 Å². The number of nitrogens with zero attached hydrogens (tertiary/aromatic N) is 1. The minimum absolute atomic E-state index is 0.0130. The molecule has 0 spiro atoms. The van der Waals surface area contributed by atoms with Crippen molar-refractivity contribution < 1.29 is 9.59 Å². The summed E-state index contributed by atoms with van der Waals surface area (Å²) >= 11 is 5.95. The highest BCUT2D eigenvalue weighted by Gasteiger charge is 2.33. The highest BCUT2D eigenvalue weighted by atomic mass is 35.5. The van der Waals surface area contributed by atoms with Crippen LogP contribution >= 0.6 is 11.6 Å². The number of carbonyl (C=O) groups excluding carboxylic acids is 2. The monoisotopic (exact) mass is 441 g/mol. The lowest BCUT2D eigenvalue weighted by Gasteiger charge is -2.32. The molecule has 1 aromatic carbocycles. The van der Waals surface area contributed by atoms with Crippen LogP contribution in [0.15, 0.2) is 35.1 Å². The van der Waals surface area contributed by atoms with E-state index in [2.05, 4.69) is 15.2 Å². The van der Waals surface area contributed by atoms with E-state index in [1.54, 1.807) is 0 Å². The minimum atomic E-state index is -0.429. The fraction of sp³-hybridized carbons (Fsp3) is 0.458. The van der Waals surface area contributed by atoms with Gasteiger partial charge in [-0.15, -0.1) is 0 Å². The van der Waals surface area contributed by atoms with Crippen molar-refractivity contribution in [2.24, 2.45) is 5.41 Å². The minimum Gasteiger partial charge on any atom is -0.349 e. The number of fused-ring (bicyclic) bond motifs is 1. The molecule has 4 rings (SSSR count). The van der Waals surface area contributed by atoms with Crippen LogP contribution in [-0.4, -0.2) is 40.7 Å². The number of aromatic amines is 1. The number of aromatic nitrogens is 1. The van der Waals surface area contributed by atoms with E-state index in [0.29, 0.717) is 24.1 Å². The van der Waals surface area contributed by atoms with Crippen LogP contribution < -0.4 is 10.9 Å². The number of halogens is 1. The standard InChI is InChI=1S/C24H28ClN3O3/c1-24(2)12-20-18(21(29)13-24)11-19(23(31)27-20)22(30)26-17-7-9-28(10-8-17)14-15-3-5-16(25)6-4-15/h3-6,11,17H,7-10,12-14H2,1-2H3,(H,26,30)(H,27,31). The van der Waals surface area contributed by atoms with E-state index >= 15 is 0 Å². The number of likely N-dealkylation sites (tertiary alicyclic amines) is 1. The molecule has 31 heavy (non-hydrogen) atoms. The summed E-state index contributed by atoms with van der Waals surface area (Å²) in [4.78, 5) is 43.0. The molecule has 0 unspecified atom stereocenters. The second kappa shape index (κ2) is 8.60. The van der Waals surface area contributed by atoms with Crippen LogP contribution in [0.2, 0.25) is 5.02 Å². The summed E-state index contributed by atoms with van der Waals surface area (Å²) in [7, 11) is 0. The molecule has 1 amide bonds. The van der Waals surface area contributed by atoms with Gasteiger partial charge in [0.2, 0.25) is 0 Å². The smallest absolute Gasteiger partial charge is 0.261 e. The molecule has 0 saturated carbocycles. The first-order chi connectivity index (χ1) is 14.7. The maximum absolute atomic E-state index is 12.8. The van der Waals surface area contributed by atoms with Crippen molar-refractivity contribution >= 4 is 23.3 Å². The largest absolute Gasteiger partial charge is 0.349 e. The molecule has 2 heterocycles. The molecule has 1 aliphatic heterocycles. The normalized spacial score (nSPS) is 19.1. The number of H-pyrrole nitrogens is 1. The predicted octanol–water partition coefficient (Wildman–Crippen LogP) is 3.58. The molecule has 2 aliphatic rings. The molecular weight excluding hydrogens is 414 g/mol. The first-order valence-corrected chi connectivity index (χ1v) is 11.1. The van der Waals surface area contributed by atoms with Gasteiger partial charge in [0.15, 0.2) is 5.78 Å². The number of nitrogens with one attached hydrogen (secondary N) is 2. The molecule has 164 valence electrons. The third-order valence-corrected chi connectivity index (χ3v) is 6.46. The molecule has 1 aromatic heterocycles. The molecule has 1 saturated heterocycles. The molecule has 0 radical (unpaired) electrons. The number of hydrogen-bond acceptors (Lipinski definition) is 4. The number of pyridine rings is 1. The molecule has 2 aromatic rings. The van der Waals surface area contributed by atoms with Crippen LogP contribution in [0.1, 0.15) is 65.1 Å². The van der Waals surface area contributed by atoms with Crippen LogP contribution in [-0.2, 0) is 13.0 Å². The van der Waals surface area contributed by atoms with E-state index in [9.17, 15) is 14.4 Å². The average Bonchev–Trinajstić information content (AvgIpc) is 2.69. The maximum atomic E-state index is 12.8. The van der Waals surface area contributed by atoms with Crippen molar-refractivity contribution in [2.75, 3.05) is 13.1 Å². The lowest BCUT2D eigenvalue weighted by Crippen LogP contribution is -2.45. The lowest BCUT2D eigenvalue weighted by atomic mass is 9.75. The van der Waals surface area contributed by atoms with Gasteiger partial charge in [0.05, 0.1) is 0 Å². The zero-order valence-corrected chi connectivity index (χ0v) is 18.7. The first-order valence-electron chi connectivity index (χ1n) is 10.8. The Morgan fingerprint density at radius 2 is 1.84 bits per heavy atom. The zero-order valence-electron chi connectivity index (χ0n) is 18.0. The Balaban J connectivity index is 1.37. The van der Waals surface area contributed by atoms with Gasteiger partial charge in [-0.05, 0) is 48.4 Å². The Hall–Kier alpha value is -2.44. The fourth-order valence-corrected chi connectivity index (χ4v) is 4.67. The van der Waals surface area contributed by atoms with Crippen LogP contribution in [0.25, 0.3) is 0 Å². The second-order valence-corrected chi connectivity index (χ2v) is 9.93. The maximum Gasteiger partial charge on any atom is 0.261 e. The van der Waals surface area contributed by atoms with Gasteiger partial charge in [-0.25, -0.2) is 0 Å². The van der Waals surface area contributed by atoms with Gasteiger partial charge >= 0.3 is 0 Å². The van der Waals surface area contributed by atoms with Crippen molar-refractivity contribution in [3.8, 4) is 0 Å². The van der Waals surface area contributed by atoms with Gasteiger partial charge in [0.1, 0.15) is 5.56 Å². The highest BCUT2D eigenvalue weighted by Crippen LogP contribution is 2.33. The molecule has 0 atom stereocenters. The van der Waals surface area contributed by atoms with E-state index < -0.39 is 11.5 Å². The SMILES string of the molecule is CC1(C)CC(=O)c2cc(C(=O)NC3CCN(Cc4ccc(Cl)cc4)CC3)c(=O)[nH]c2C1. The molecule has 2 N–H and O–H groups in total. The van der Waals surface area contributed by atoms with E-state index in [0.717, 1.165) is 37.5 Å². The van der Waals surface area contributed by atoms with E-state index in [-0.39, 0.29) is 22.8 Å². The lowest BCUT2D eigenvalue weighted by molar-refractivity contribution is 0.0906. The van der Waals surface area contributed by atoms with Crippen LogP contribution in [0.5, 0.6) is 0 Å². The summed E-state index contributed by atoms with van der Waals surface area (Å²) in [5.74, 6) is -0.426. The first kappa shape index (κ1) is 21.8. The third kappa shape index (κ3) is 5.08.